The lowest BCUT2D eigenvalue weighted by molar-refractivity contribution is 0.309. The van der Waals surface area contributed by atoms with E-state index in [1.165, 1.54) is 27.7 Å². The zero-order valence-corrected chi connectivity index (χ0v) is 15.5. The van der Waals surface area contributed by atoms with Gasteiger partial charge in [0.1, 0.15) is 5.75 Å². The predicted molar refractivity (Wildman–Crippen MR) is 104 cm³/mol. The minimum absolute atomic E-state index is 0.816. The Labute approximate surface area is 153 Å². The van der Waals surface area contributed by atoms with Crippen molar-refractivity contribution in [2.45, 2.75) is 25.9 Å². The van der Waals surface area contributed by atoms with Crippen molar-refractivity contribution in [3.8, 4) is 5.75 Å². The minimum Gasteiger partial charge on any atom is -0.497 e. The summed E-state index contributed by atoms with van der Waals surface area (Å²) in [7, 11) is 3.89. The van der Waals surface area contributed by atoms with Gasteiger partial charge in [-0.15, -0.1) is 0 Å². The summed E-state index contributed by atoms with van der Waals surface area (Å²) < 4.78 is 7.75. The molecule has 0 aliphatic carbocycles. The summed E-state index contributed by atoms with van der Waals surface area (Å²) in [4.78, 5) is 2.39. The molecule has 1 aromatic heterocycles. The summed E-state index contributed by atoms with van der Waals surface area (Å²) in [6.07, 6.45) is 2.11. The van der Waals surface area contributed by atoms with Gasteiger partial charge in [0.05, 0.1) is 7.11 Å². The highest BCUT2D eigenvalue weighted by Gasteiger charge is 2.22. The molecule has 0 fully saturated rings. The molecule has 3 nitrogen and oxygen atoms in total. The van der Waals surface area contributed by atoms with Crippen LogP contribution in [0.3, 0.4) is 0 Å². The maximum absolute atomic E-state index is 6.27. The summed E-state index contributed by atoms with van der Waals surface area (Å²) >= 11 is 6.27. The lowest BCUT2D eigenvalue weighted by atomic mass is 10.1. The van der Waals surface area contributed by atoms with Crippen molar-refractivity contribution in [2.75, 3.05) is 20.7 Å². The molecule has 4 rings (SSSR count). The van der Waals surface area contributed by atoms with Gasteiger partial charge in [-0.25, -0.2) is 0 Å². The van der Waals surface area contributed by atoms with E-state index in [1.807, 2.05) is 18.2 Å². The van der Waals surface area contributed by atoms with Gasteiger partial charge in [-0.2, -0.15) is 0 Å². The first-order valence-corrected chi connectivity index (χ1v) is 9.14. The van der Waals surface area contributed by atoms with Gasteiger partial charge in [0.25, 0.3) is 0 Å². The van der Waals surface area contributed by atoms with Crippen molar-refractivity contribution >= 4 is 22.5 Å². The number of likely N-dealkylation sites (N-methyl/N-ethyl adjacent to an activating group) is 1. The first kappa shape index (κ1) is 16.5. The fourth-order valence-corrected chi connectivity index (χ4v) is 4.02. The number of rotatable bonds is 4. The van der Waals surface area contributed by atoms with Gasteiger partial charge in [0.15, 0.2) is 0 Å². The number of aryl methyl sites for hydroxylation is 2. The number of ether oxygens (including phenoxy) is 1. The van der Waals surface area contributed by atoms with Gasteiger partial charge >= 0.3 is 0 Å². The Hall–Kier alpha value is -1.97. The van der Waals surface area contributed by atoms with Gasteiger partial charge in [0, 0.05) is 47.7 Å². The molecule has 0 saturated heterocycles. The van der Waals surface area contributed by atoms with Crippen LogP contribution >= 0.6 is 11.6 Å². The van der Waals surface area contributed by atoms with E-state index in [-0.39, 0.29) is 0 Å². The van der Waals surface area contributed by atoms with Gasteiger partial charge < -0.3 is 14.2 Å². The van der Waals surface area contributed by atoms with Gasteiger partial charge in [-0.1, -0.05) is 23.7 Å². The second-order valence-electron chi connectivity index (χ2n) is 6.82. The maximum Gasteiger partial charge on any atom is 0.118 e. The van der Waals surface area contributed by atoms with Crippen LogP contribution in [0.1, 0.15) is 16.8 Å². The summed E-state index contributed by atoms with van der Waals surface area (Å²) in [5.41, 5.74) is 5.56. The molecule has 0 atom stereocenters. The van der Waals surface area contributed by atoms with Crippen molar-refractivity contribution in [3.63, 3.8) is 0 Å². The molecular formula is C21H23ClN2O. The van der Waals surface area contributed by atoms with E-state index in [4.69, 9.17) is 16.3 Å². The third-order valence-electron chi connectivity index (χ3n) is 5.19. The van der Waals surface area contributed by atoms with E-state index in [1.54, 1.807) is 7.11 Å². The SMILES string of the molecule is COc1ccc(CCn2c3c(c4cc(Cl)ccc42)CN(C)CC3)cc1. The number of fused-ring (bicyclic) bond motifs is 3. The Kier molecular flexibility index (Phi) is 4.45. The normalized spacial score (nSPS) is 14.7. The second kappa shape index (κ2) is 6.74. The fraction of sp³-hybridized carbons (Fsp3) is 0.333. The molecule has 3 aromatic rings. The minimum atomic E-state index is 0.816. The Morgan fingerprint density at radius 2 is 1.92 bits per heavy atom. The molecule has 0 amide bonds. The number of nitrogens with zero attached hydrogens (tertiary/aromatic N) is 2. The monoisotopic (exact) mass is 354 g/mol. The van der Waals surface area contributed by atoms with E-state index in [0.717, 1.165) is 43.2 Å². The van der Waals surface area contributed by atoms with Gasteiger partial charge in [-0.05, 0) is 54.9 Å². The number of benzene rings is 2. The van der Waals surface area contributed by atoms with Crippen LogP contribution in [0.25, 0.3) is 10.9 Å². The molecule has 0 saturated carbocycles. The quantitative estimate of drug-likeness (QED) is 0.684. The van der Waals surface area contributed by atoms with Crippen LogP contribution in [0, 0.1) is 0 Å². The zero-order valence-electron chi connectivity index (χ0n) is 14.8. The molecular weight excluding hydrogens is 332 g/mol. The average molecular weight is 355 g/mol. The van der Waals surface area contributed by atoms with E-state index >= 15 is 0 Å². The average Bonchev–Trinajstić information content (AvgIpc) is 2.92. The van der Waals surface area contributed by atoms with E-state index in [0.29, 0.717) is 0 Å². The lowest BCUT2D eigenvalue weighted by Crippen LogP contribution is -2.27. The maximum atomic E-state index is 6.27. The van der Waals surface area contributed by atoms with Crippen molar-refractivity contribution in [1.82, 2.24) is 9.47 Å². The van der Waals surface area contributed by atoms with Gasteiger partial charge in [-0.3, -0.25) is 0 Å². The molecule has 0 N–H and O–H groups in total. The summed E-state index contributed by atoms with van der Waals surface area (Å²) in [5, 5.41) is 2.12. The van der Waals surface area contributed by atoms with Crippen LogP contribution < -0.4 is 4.74 Å². The number of aromatic nitrogens is 1. The molecule has 25 heavy (non-hydrogen) atoms. The van der Waals surface area contributed by atoms with Crippen molar-refractivity contribution in [2.24, 2.45) is 0 Å². The Morgan fingerprint density at radius 1 is 1.12 bits per heavy atom. The summed E-state index contributed by atoms with van der Waals surface area (Å²) in [6.45, 7) is 3.10. The number of hydrogen-bond acceptors (Lipinski definition) is 2. The standard InChI is InChI=1S/C21H23ClN2O/c1-23-11-10-21-19(14-23)18-13-16(22)5-8-20(18)24(21)12-9-15-3-6-17(25-2)7-4-15/h3-8,13H,9-12,14H2,1-2H3. The smallest absolute Gasteiger partial charge is 0.118 e. The van der Waals surface area contributed by atoms with E-state index in [2.05, 4.69) is 40.8 Å². The molecule has 2 aromatic carbocycles. The molecule has 4 heteroatoms. The third-order valence-corrected chi connectivity index (χ3v) is 5.43. The van der Waals surface area contributed by atoms with Crippen LogP contribution in [0.5, 0.6) is 5.75 Å². The van der Waals surface area contributed by atoms with Crippen molar-refractivity contribution in [1.29, 1.82) is 0 Å². The molecule has 1 aliphatic heterocycles. The topological polar surface area (TPSA) is 17.4 Å². The Morgan fingerprint density at radius 3 is 2.68 bits per heavy atom. The summed E-state index contributed by atoms with van der Waals surface area (Å²) in [5.74, 6) is 0.908. The zero-order chi connectivity index (χ0) is 17.4. The Balaban J connectivity index is 1.68. The Bertz CT molecular complexity index is 898. The number of hydrogen-bond donors (Lipinski definition) is 0. The van der Waals surface area contributed by atoms with Crippen LogP contribution in [-0.2, 0) is 25.9 Å². The highest BCUT2D eigenvalue weighted by Crippen LogP contribution is 2.32. The van der Waals surface area contributed by atoms with Crippen LogP contribution in [0.2, 0.25) is 5.02 Å². The van der Waals surface area contributed by atoms with Crippen molar-refractivity contribution < 1.29 is 4.74 Å². The number of methoxy groups -OCH3 is 1. The van der Waals surface area contributed by atoms with E-state index < -0.39 is 0 Å². The first-order chi connectivity index (χ1) is 12.2. The number of halogens is 1. The molecule has 0 bridgehead atoms. The highest BCUT2D eigenvalue weighted by atomic mass is 35.5. The molecule has 0 unspecified atom stereocenters. The predicted octanol–water partition coefficient (Wildman–Crippen LogP) is 4.53. The lowest BCUT2D eigenvalue weighted by Gasteiger charge is -2.24. The largest absolute Gasteiger partial charge is 0.497 e. The third kappa shape index (κ3) is 3.14. The first-order valence-electron chi connectivity index (χ1n) is 8.76. The molecule has 0 radical (unpaired) electrons. The van der Waals surface area contributed by atoms with E-state index in [9.17, 15) is 0 Å². The molecule has 1 aliphatic rings. The van der Waals surface area contributed by atoms with Crippen LogP contribution in [0.15, 0.2) is 42.5 Å². The van der Waals surface area contributed by atoms with Crippen LogP contribution in [0.4, 0.5) is 0 Å². The molecule has 0 spiro atoms. The molecule has 2 heterocycles. The van der Waals surface area contributed by atoms with Crippen molar-refractivity contribution in [3.05, 3.63) is 64.3 Å². The van der Waals surface area contributed by atoms with Crippen LogP contribution in [-0.4, -0.2) is 30.2 Å². The van der Waals surface area contributed by atoms with Gasteiger partial charge in [0.2, 0.25) is 0 Å². The highest BCUT2D eigenvalue weighted by molar-refractivity contribution is 6.31. The second-order valence-corrected chi connectivity index (χ2v) is 7.26. The fourth-order valence-electron chi connectivity index (χ4n) is 3.85. The summed E-state index contributed by atoms with van der Waals surface area (Å²) in [6, 6.07) is 14.7. The molecule has 130 valence electrons.